The number of carbonyl (C=O) groups excluding carboxylic acids is 1. The van der Waals surface area contributed by atoms with E-state index in [2.05, 4.69) is 39.6 Å². The van der Waals surface area contributed by atoms with Crippen LogP contribution in [0.15, 0.2) is 99.8 Å². The van der Waals surface area contributed by atoms with Gasteiger partial charge in [-0.3, -0.25) is 4.79 Å². The van der Waals surface area contributed by atoms with E-state index in [0.29, 0.717) is 55.7 Å². The number of nitrogens with one attached hydrogen (secondary N) is 2. The molecule has 0 aliphatic carbocycles. The Morgan fingerprint density at radius 1 is 1.00 bits per heavy atom. The molecule has 2 N–H and O–H groups in total. The number of carbonyl (C=O) groups is 1. The lowest BCUT2D eigenvalue weighted by atomic mass is 9.94. The molecule has 1 atom stereocenters. The summed E-state index contributed by atoms with van der Waals surface area (Å²) >= 11 is 11.6. The van der Waals surface area contributed by atoms with Gasteiger partial charge in [-0.05, 0) is 101 Å². The molecule has 0 fully saturated rings. The van der Waals surface area contributed by atoms with Crippen molar-refractivity contribution in [2.45, 2.75) is 51.3 Å². The molecule has 0 bridgehead atoms. The van der Waals surface area contributed by atoms with Crippen molar-refractivity contribution < 1.29 is 14.3 Å². The van der Waals surface area contributed by atoms with Crippen LogP contribution in [0.5, 0.6) is 11.5 Å². The second-order valence-electron chi connectivity index (χ2n) is 11.6. The van der Waals surface area contributed by atoms with Crippen LogP contribution in [-0.2, 0) is 17.2 Å². The number of fused-ring (bicyclic) bond motifs is 1. The van der Waals surface area contributed by atoms with Crippen molar-refractivity contribution in [2.24, 2.45) is 0 Å². The van der Waals surface area contributed by atoms with Gasteiger partial charge in [0.25, 0.3) is 5.91 Å². The lowest BCUT2D eigenvalue weighted by molar-refractivity contribution is -0.113. The maximum Gasteiger partial charge on any atom is 0.255 e. The second kappa shape index (κ2) is 14.5. The largest absolute Gasteiger partial charge is 0.493 e. The Kier molecular flexibility index (Phi) is 10.1. The number of hydrogen-bond donors (Lipinski definition) is 2. The summed E-state index contributed by atoms with van der Waals surface area (Å²) in [5, 5.41) is 12.6. The number of anilines is 2. The fourth-order valence-electron chi connectivity index (χ4n) is 5.59. The van der Waals surface area contributed by atoms with E-state index in [4.69, 9.17) is 31.2 Å². The van der Waals surface area contributed by atoms with E-state index in [1.807, 2.05) is 93.6 Å². The Bertz CT molecular complexity index is 2050. The summed E-state index contributed by atoms with van der Waals surface area (Å²) in [6, 6.07) is 24.9. The highest BCUT2D eigenvalue weighted by atomic mass is 79.9. The quantitative estimate of drug-likeness (QED) is 0.138. The first-order valence-electron chi connectivity index (χ1n) is 15.4. The van der Waals surface area contributed by atoms with Gasteiger partial charge < -0.3 is 20.1 Å². The average molecular weight is 745 g/mol. The molecule has 0 radical (unpaired) electrons. The number of allylic oxidation sites excluding steroid dienone is 1. The lowest BCUT2D eigenvalue weighted by Gasteiger charge is -2.29. The van der Waals surface area contributed by atoms with Crippen molar-refractivity contribution in [3.05, 3.63) is 133 Å². The maximum atomic E-state index is 14.2. The number of halogens is 2. The van der Waals surface area contributed by atoms with E-state index in [1.165, 1.54) is 11.8 Å². The van der Waals surface area contributed by atoms with E-state index < -0.39 is 6.04 Å². The minimum absolute atomic E-state index is 0.250. The van der Waals surface area contributed by atoms with Crippen molar-refractivity contribution in [1.29, 1.82) is 0 Å². The van der Waals surface area contributed by atoms with Gasteiger partial charge in [0.1, 0.15) is 12.6 Å². The number of rotatable bonds is 10. The van der Waals surface area contributed by atoms with Crippen molar-refractivity contribution in [1.82, 2.24) is 14.8 Å². The molecular weight excluding hydrogens is 710 g/mol. The zero-order chi connectivity index (χ0) is 33.9. The smallest absolute Gasteiger partial charge is 0.255 e. The first kappa shape index (κ1) is 33.6. The highest BCUT2D eigenvalue weighted by Crippen LogP contribution is 2.44. The molecule has 11 heteroatoms. The van der Waals surface area contributed by atoms with Crippen molar-refractivity contribution in [2.75, 3.05) is 17.7 Å². The van der Waals surface area contributed by atoms with Crippen LogP contribution in [-0.4, -0.2) is 27.8 Å². The molecule has 1 aromatic heterocycles. The first-order valence-corrected chi connectivity index (χ1v) is 17.5. The maximum absolute atomic E-state index is 14.2. The van der Waals surface area contributed by atoms with E-state index >= 15 is 0 Å². The normalized spacial score (nSPS) is 13.9. The summed E-state index contributed by atoms with van der Waals surface area (Å²) < 4.78 is 14.6. The summed E-state index contributed by atoms with van der Waals surface area (Å²) in [4.78, 5) is 19.0. The number of benzene rings is 4. The van der Waals surface area contributed by atoms with Crippen LogP contribution < -0.4 is 20.1 Å². The molecule has 1 unspecified atom stereocenters. The molecule has 246 valence electrons. The summed E-state index contributed by atoms with van der Waals surface area (Å²) in [5.41, 5.74) is 7.97. The molecule has 1 aliphatic rings. The highest BCUT2D eigenvalue weighted by molar-refractivity contribution is 9.10. The van der Waals surface area contributed by atoms with E-state index in [1.54, 1.807) is 11.8 Å². The minimum Gasteiger partial charge on any atom is -0.493 e. The Morgan fingerprint density at radius 2 is 1.73 bits per heavy atom. The molecule has 0 saturated heterocycles. The summed E-state index contributed by atoms with van der Waals surface area (Å²) in [7, 11) is 1.61. The Labute approximate surface area is 298 Å². The Hall–Kier alpha value is -4.25. The molecule has 0 spiro atoms. The van der Waals surface area contributed by atoms with Crippen molar-refractivity contribution >= 4 is 56.8 Å². The van der Waals surface area contributed by atoms with Gasteiger partial charge in [0.2, 0.25) is 11.1 Å². The predicted molar refractivity (Wildman–Crippen MR) is 196 cm³/mol. The molecule has 1 aliphatic heterocycles. The Morgan fingerprint density at radius 3 is 2.48 bits per heavy atom. The fraction of sp³-hybridized carbons (Fsp3) is 0.216. The van der Waals surface area contributed by atoms with Gasteiger partial charge >= 0.3 is 0 Å². The van der Waals surface area contributed by atoms with Crippen LogP contribution in [0.2, 0.25) is 5.02 Å². The lowest BCUT2D eigenvalue weighted by Crippen LogP contribution is -2.31. The van der Waals surface area contributed by atoms with Gasteiger partial charge in [0.15, 0.2) is 11.5 Å². The average Bonchev–Trinajstić information content (AvgIpc) is 3.47. The van der Waals surface area contributed by atoms with Crippen LogP contribution in [0, 0.1) is 20.8 Å². The summed E-state index contributed by atoms with van der Waals surface area (Å²) in [6.45, 7) is 8.33. The Balaban J connectivity index is 1.39. The predicted octanol–water partition coefficient (Wildman–Crippen LogP) is 9.43. The summed E-state index contributed by atoms with van der Waals surface area (Å²) in [5.74, 6) is 1.95. The molecular formula is C37H35BrClN5O3S. The topological polar surface area (TPSA) is 90.3 Å². The standard InChI is InChI=1S/C37H35BrClN5O3S/c1-21-12-10-16-30(23(21)3)41-35(45)32-24(4)40-36-42-37(48-20-26-14-8-9-15-29(26)39)43-44(36)33(32)27-17-28(38)34(31(18-27)46-5)47-19-25-13-7-6-11-22(25)2/h6-18,33H,19-20H2,1-5H3,(H,41,45)(H,40,42,43). The minimum atomic E-state index is -0.635. The third-order valence-corrected chi connectivity index (χ3v) is 10.3. The van der Waals surface area contributed by atoms with Gasteiger partial charge in [0.05, 0.1) is 17.2 Å². The van der Waals surface area contributed by atoms with Crippen LogP contribution in [0.25, 0.3) is 0 Å². The molecule has 8 nitrogen and oxygen atoms in total. The number of methoxy groups -OCH3 is 1. The van der Waals surface area contributed by atoms with Crippen LogP contribution in [0.3, 0.4) is 0 Å². The zero-order valence-electron chi connectivity index (χ0n) is 27.2. The van der Waals surface area contributed by atoms with Crippen molar-refractivity contribution in [3.63, 3.8) is 0 Å². The van der Waals surface area contributed by atoms with E-state index in [9.17, 15) is 4.79 Å². The van der Waals surface area contributed by atoms with Crippen LogP contribution >= 0.6 is 39.3 Å². The van der Waals surface area contributed by atoms with E-state index in [-0.39, 0.29) is 5.91 Å². The van der Waals surface area contributed by atoms with E-state index in [0.717, 1.165) is 39.1 Å². The molecule has 48 heavy (non-hydrogen) atoms. The molecule has 5 aromatic rings. The number of nitrogens with zero attached hydrogens (tertiary/aromatic N) is 3. The first-order chi connectivity index (χ1) is 23.1. The molecule has 0 saturated carbocycles. The number of thioether (sulfide) groups is 1. The zero-order valence-corrected chi connectivity index (χ0v) is 30.4. The highest BCUT2D eigenvalue weighted by Gasteiger charge is 2.36. The third kappa shape index (κ3) is 6.97. The number of hydrogen-bond acceptors (Lipinski definition) is 7. The molecule has 2 heterocycles. The molecule has 6 rings (SSSR count). The van der Waals surface area contributed by atoms with Gasteiger partial charge in [-0.2, -0.15) is 4.98 Å². The number of amides is 1. The number of aromatic nitrogens is 3. The van der Waals surface area contributed by atoms with Gasteiger partial charge in [-0.25, -0.2) is 4.68 Å². The van der Waals surface area contributed by atoms with Gasteiger partial charge in [-0.1, -0.05) is 78.0 Å². The monoisotopic (exact) mass is 743 g/mol. The third-order valence-electron chi connectivity index (χ3n) is 8.45. The SMILES string of the molecule is COc1cc(C2C(C(=O)Nc3cccc(C)c3C)=C(C)Nc3nc(SCc4ccccc4Cl)nn32)cc(Br)c1OCc1ccccc1C. The molecule has 1 amide bonds. The van der Waals surface area contributed by atoms with Gasteiger partial charge in [0, 0.05) is 22.2 Å². The van der Waals surface area contributed by atoms with Crippen LogP contribution in [0.4, 0.5) is 11.6 Å². The second-order valence-corrected chi connectivity index (χ2v) is 13.8. The van der Waals surface area contributed by atoms with Crippen molar-refractivity contribution in [3.8, 4) is 11.5 Å². The van der Waals surface area contributed by atoms with Crippen LogP contribution in [0.1, 0.15) is 46.3 Å². The summed E-state index contributed by atoms with van der Waals surface area (Å²) in [6.07, 6.45) is 0. The number of aryl methyl sites for hydroxylation is 2. The fourth-order valence-corrected chi connectivity index (χ4v) is 7.28. The van der Waals surface area contributed by atoms with Gasteiger partial charge in [-0.15, -0.1) is 5.10 Å². The number of ether oxygens (including phenoxy) is 2. The molecule has 4 aromatic carbocycles.